The maximum atomic E-state index is 10.7. The van der Waals surface area contributed by atoms with Crippen LogP contribution in [0.3, 0.4) is 0 Å². The van der Waals surface area contributed by atoms with Crippen molar-refractivity contribution in [1.29, 1.82) is 0 Å². The largest absolute Gasteiger partial charge is 0.481 e. The van der Waals surface area contributed by atoms with Gasteiger partial charge in [-0.05, 0) is 6.42 Å². The molecule has 0 bridgehead atoms. The monoisotopic (exact) mass is 181 g/mol. The zero-order valence-corrected chi connectivity index (χ0v) is 7.41. The molecule has 0 spiro atoms. The van der Waals surface area contributed by atoms with Gasteiger partial charge >= 0.3 is 5.97 Å². The maximum absolute atomic E-state index is 10.7. The van der Waals surface area contributed by atoms with E-state index in [1.165, 1.54) is 0 Å². The third kappa shape index (κ3) is 1.43. The Morgan fingerprint density at radius 1 is 1.69 bits per heavy atom. The molecule has 70 valence electrons. The van der Waals surface area contributed by atoms with Crippen molar-refractivity contribution in [2.75, 3.05) is 0 Å². The van der Waals surface area contributed by atoms with Crippen molar-refractivity contribution in [3.63, 3.8) is 0 Å². The fourth-order valence-electron chi connectivity index (χ4n) is 1.72. The van der Waals surface area contributed by atoms with Gasteiger partial charge in [0.05, 0.1) is 11.6 Å². The van der Waals surface area contributed by atoms with Crippen LogP contribution < -0.4 is 0 Å². The van der Waals surface area contributed by atoms with Gasteiger partial charge in [-0.1, -0.05) is 0 Å². The topological polar surface area (TPSA) is 63.3 Å². The number of fused-ring (bicyclic) bond motifs is 1. The Bertz CT molecular complexity index is 343. The Morgan fingerprint density at radius 3 is 3.15 bits per heavy atom. The van der Waals surface area contributed by atoms with Gasteiger partial charge in [-0.25, -0.2) is 4.98 Å². The molecule has 1 aliphatic carbocycles. The number of nitrogens with zero attached hydrogens (tertiary/aromatic N) is 1. The minimum atomic E-state index is -0.730. The molecule has 4 heteroatoms. The quantitative estimate of drug-likeness (QED) is 0.706. The molecule has 0 fully saturated rings. The second kappa shape index (κ2) is 2.87. The minimum Gasteiger partial charge on any atom is -0.481 e. The average Bonchev–Trinajstić information content (AvgIpc) is 2.42. The second-order valence-corrected chi connectivity index (χ2v) is 3.38. The van der Waals surface area contributed by atoms with Gasteiger partial charge < -0.3 is 9.52 Å². The smallest absolute Gasteiger partial charge is 0.306 e. The van der Waals surface area contributed by atoms with Crippen LogP contribution in [0.15, 0.2) is 4.42 Å². The summed E-state index contributed by atoms with van der Waals surface area (Å²) in [4.78, 5) is 14.9. The predicted molar refractivity (Wildman–Crippen MR) is 44.4 cm³/mol. The number of carboxylic acids is 1. The first-order valence-electron chi connectivity index (χ1n) is 4.35. The SMILES string of the molecule is Cc1nc2c(o1)CCC(C(=O)O)C2. The average molecular weight is 181 g/mol. The van der Waals surface area contributed by atoms with E-state index in [2.05, 4.69) is 4.98 Å². The molecule has 1 unspecified atom stereocenters. The van der Waals surface area contributed by atoms with E-state index in [4.69, 9.17) is 9.52 Å². The zero-order chi connectivity index (χ0) is 9.42. The predicted octanol–water partition coefficient (Wildman–Crippen LogP) is 1.17. The summed E-state index contributed by atoms with van der Waals surface area (Å²) in [5, 5.41) is 8.81. The van der Waals surface area contributed by atoms with E-state index >= 15 is 0 Å². The molecule has 0 saturated carbocycles. The lowest BCUT2D eigenvalue weighted by Crippen LogP contribution is -2.21. The Labute approximate surface area is 75.6 Å². The van der Waals surface area contributed by atoms with E-state index in [0.717, 1.165) is 11.5 Å². The summed E-state index contributed by atoms with van der Waals surface area (Å²) in [6, 6.07) is 0. The number of carbonyl (C=O) groups is 1. The highest BCUT2D eigenvalue weighted by molar-refractivity contribution is 5.70. The van der Waals surface area contributed by atoms with Crippen molar-refractivity contribution >= 4 is 5.97 Å². The van der Waals surface area contributed by atoms with E-state index in [9.17, 15) is 4.79 Å². The van der Waals surface area contributed by atoms with Gasteiger partial charge in [0, 0.05) is 19.8 Å². The third-order valence-electron chi connectivity index (χ3n) is 2.39. The molecule has 1 atom stereocenters. The van der Waals surface area contributed by atoms with E-state index in [-0.39, 0.29) is 5.92 Å². The molecule has 0 amide bonds. The van der Waals surface area contributed by atoms with Gasteiger partial charge in [0.15, 0.2) is 5.89 Å². The highest BCUT2D eigenvalue weighted by atomic mass is 16.4. The van der Waals surface area contributed by atoms with Crippen molar-refractivity contribution in [2.45, 2.75) is 26.2 Å². The highest BCUT2D eigenvalue weighted by Crippen LogP contribution is 2.25. The molecular formula is C9H11NO3. The normalized spacial score (nSPS) is 21.2. The van der Waals surface area contributed by atoms with Crippen molar-refractivity contribution in [1.82, 2.24) is 4.98 Å². The van der Waals surface area contributed by atoms with E-state index in [0.29, 0.717) is 25.2 Å². The fourth-order valence-corrected chi connectivity index (χ4v) is 1.72. The van der Waals surface area contributed by atoms with E-state index in [1.807, 2.05) is 0 Å². The van der Waals surface area contributed by atoms with Gasteiger partial charge in [-0.3, -0.25) is 4.79 Å². The summed E-state index contributed by atoms with van der Waals surface area (Å²) in [5.74, 6) is 0.495. The molecule has 1 N–H and O–H groups in total. The summed E-state index contributed by atoms with van der Waals surface area (Å²) in [6.07, 6.45) is 1.88. The van der Waals surface area contributed by atoms with Gasteiger partial charge in [0.1, 0.15) is 5.76 Å². The molecule has 0 saturated heterocycles. The molecule has 0 aliphatic heterocycles. The first-order chi connectivity index (χ1) is 6.16. The second-order valence-electron chi connectivity index (χ2n) is 3.38. The standard InChI is InChI=1S/C9H11NO3/c1-5-10-7-4-6(9(11)12)2-3-8(7)13-5/h6H,2-4H2,1H3,(H,11,12). The number of oxazole rings is 1. The third-order valence-corrected chi connectivity index (χ3v) is 2.39. The van der Waals surface area contributed by atoms with Crippen molar-refractivity contribution in [2.24, 2.45) is 5.92 Å². The number of aryl methyl sites for hydroxylation is 2. The molecule has 0 aromatic carbocycles. The lowest BCUT2D eigenvalue weighted by atomic mass is 9.90. The molecule has 1 aromatic rings. The summed E-state index contributed by atoms with van der Waals surface area (Å²) >= 11 is 0. The van der Waals surface area contributed by atoms with Crippen LogP contribution in [-0.2, 0) is 17.6 Å². The van der Waals surface area contributed by atoms with E-state index < -0.39 is 5.97 Å². The lowest BCUT2D eigenvalue weighted by Gasteiger charge is -2.15. The van der Waals surface area contributed by atoms with Crippen LogP contribution in [0.5, 0.6) is 0 Å². The number of aromatic nitrogens is 1. The van der Waals surface area contributed by atoms with Gasteiger partial charge in [-0.15, -0.1) is 0 Å². The van der Waals surface area contributed by atoms with Crippen LogP contribution in [0.2, 0.25) is 0 Å². The molecule has 13 heavy (non-hydrogen) atoms. The van der Waals surface area contributed by atoms with Crippen molar-refractivity contribution in [3.8, 4) is 0 Å². The van der Waals surface area contributed by atoms with Crippen molar-refractivity contribution < 1.29 is 14.3 Å². The first kappa shape index (κ1) is 8.29. The lowest BCUT2D eigenvalue weighted by molar-refractivity contribution is -0.142. The summed E-state index contributed by atoms with van der Waals surface area (Å²) < 4.78 is 5.33. The summed E-state index contributed by atoms with van der Waals surface area (Å²) in [7, 11) is 0. The van der Waals surface area contributed by atoms with Gasteiger partial charge in [0.25, 0.3) is 0 Å². The molecule has 4 nitrogen and oxygen atoms in total. The fraction of sp³-hybridized carbons (Fsp3) is 0.556. The molecule has 0 radical (unpaired) electrons. The highest BCUT2D eigenvalue weighted by Gasteiger charge is 2.27. The Hall–Kier alpha value is -1.32. The van der Waals surface area contributed by atoms with Crippen LogP contribution in [0.1, 0.15) is 23.8 Å². The van der Waals surface area contributed by atoms with Gasteiger partial charge in [0.2, 0.25) is 0 Å². The number of rotatable bonds is 1. The van der Waals surface area contributed by atoms with Crippen LogP contribution in [-0.4, -0.2) is 16.1 Å². The van der Waals surface area contributed by atoms with Crippen LogP contribution in [0.4, 0.5) is 0 Å². The van der Waals surface area contributed by atoms with Crippen LogP contribution >= 0.6 is 0 Å². The molecule has 1 heterocycles. The van der Waals surface area contributed by atoms with E-state index in [1.54, 1.807) is 6.92 Å². The number of aliphatic carboxylic acids is 1. The van der Waals surface area contributed by atoms with Crippen LogP contribution in [0.25, 0.3) is 0 Å². The molecule has 1 aliphatic rings. The zero-order valence-electron chi connectivity index (χ0n) is 7.41. The summed E-state index contributed by atoms with van der Waals surface area (Å²) in [6.45, 7) is 1.79. The van der Waals surface area contributed by atoms with Gasteiger partial charge in [-0.2, -0.15) is 0 Å². The number of hydrogen-bond donors (Lipinski definition) is 1. The first-order valence-corrected chi connectivity index (χ1v) is 4.35. The molecular weight excluding hydrogens is 170 g/mol. The minimum absolute atomic E-state index is 0.281. The Kier molecular flexibility index (Phi) is 1.83. The molecule has 1 aromatic heterocycles. The van der Waals surface area contributed by atoms with Crippen molar-refractivity contribution in [3.05, 3.63) is 17.3 Å². The Morgan fingerprint density at radius 2 is 2.46 bits per heavy atom. The molecule has 2 rings (SSSR count). The Balaban J connectivity index is 2.24. The maximum Gasteiger partial charge on any atom is 0.306 e. The summed E-state index contributed by atoms with van der Waals surface area (Å²) in [5.41, 5.74) is 0.830. The number of carboxylic acid groups (broad SMARTS) is 1. The van der Waals surface area contributed by atoms with Crippen LogP contribution in [0, 0.1) is 12.8 Å². The number of hydrogen-bond acceptors (Lipinski definition) is 3.